The number of nitrogens with zero attached hydrogens (tertiary/aromatic N) is 1. The maximum atomic E-state index is 2.34. The average Bonchev–Trinajstić information content (AvgIpc) is 2.70. The zero-order valence-corrected chi connectivity index (χ0v) is 19.2. The lowest BCUT2D eigenvalue weighted by Crippen LogP contribution is -2.07. The first-order chi connectivity index (χ1) is 13.7. The van der Waals surface area contributed by atoms with Crippen LogP contribution in [0.15, 0.2) is 30.3 Å². The summed E-state index contributed by atoms with van der Waals surface area (Å²) in [7, 11) is 4.17. The maximum Gasteiger partial charge on any atom is 0.0361 e. The number of rotatable bonds is 18. The summed E-state index contributed by atoms with van der Waals surface area (Å²) in [6.07, 6.45) is 27.4. The van der Waals surface area contributed by atoms with Crippen LogP contribution in [-0.4, -0.2) is 14.1 Å². The topological polar surface area (TPSA) is 3.24 Å². The Labute approximate surface area is 176 Å². The second kappa shape index (κ2) is 17.8. The molecule has 0 atom stereocenters. The number of allylic oxidation sites excluding steroid dienone is 1. The second-order valence-corrected chi connectivity index (χ2v) is 8.63. The molecule has 0 aromatic heterocycles. The predicted octanol–water partition coefficient (Wildman–Crippen LogP) is 9.03. The maximum absolute atomic E-state index is 2.34. The van der Waals surface area contributed by atoms with E-state index < -0.39 is 0 Å². The highest BCUT2D eigenvalue weighted by Crippen LogP contribution is 2.15. The smallest absolute Gasteiger partial charge is 0.0361 e. The first kappa shape index (κ1) is 24.8. The molecule has 0 aliphatic carbocycles. The Kier molecular flexibility index (Phi) is 15.8. The molecule has 0 saturated heterocycles. The van der Waals surface area contributed by atoms with E-state index in [2.05, 4.69) is 62.3 Å². The van der Waals surface area contributed by atoms with Crippen molar-refractivity contribution in [1.82, 2.24) is 0 Å². The molecule has 1 rings (SSSR count). The van der Waals surface area contributed by atoms with Crippen molar-refractivity contribution >= 4 is 11.8 Å². The molecule has 0 amide bonds. The van der Waals surface area contributed by atoms with Gasteiger partial charge in [0, 0.05) is 19.8 Å². The molecular weight excluding hydrogens is 338 g/mol. The quantitative estimate of drug-likeness (QED) is 0.228. The summed E-state index contributed by atoms with van der Waals surface area (Å²) in [6, 6.07) is 8.79. The Hall–Kier alpha value is -1.24. The number of hydrogen-bond acceptors (Lipinski definition) is 1. The van der Waals surface area contributed by atoms with Crippen molar-refractivity contribution in [2.75, 3.05) is 19.0 Å². The fourth-order valence-corrected chi connectivity index (χ4v) is 3.74. The summed E-state index contributed by atoms with van der Waals surface area (Å²) in [6.45, 7) is 2.30. The molecule has 0 spiro atoms. The fraction of sp³-hybridized carbons (Fsp3) is 0.704. The van der Waals surface area contributed by atoms with E-state index in [9.17, 15) is 0 Å². The third-order valence-electron chi connectivity index (χ3n) is 5.69. The van der Waals surface area contributed by atoms with Crippen molar-refractivity contribution in [3.05, 3.63) is 35.9 Å². The van der Waals surface area contributed by atoms with Crippen LogP contribution in [0.5, 0.6) is 0 Å². The van der Waals surface area contributed by atoms with Crippen molar-refractivity contribution < 1.29 is 0 Å². The van der Waals surface area contributed by atoms with Crippen molar-refractivity contribution in [1.29, 1.82) is 0 Å². The monoisotopic (exact) mass is 385 g/mol. The van der Waals surface area contributed by atoms with Gasteiger partial charge in [0.15, 0.2) is 0 Å². The van der Waals surface area contributed by atoms with E-state index >= 15 is 0 Å². The van der Waals surface area contributed by atoms with Gasteiger partial charge in [0.25, 0.3) is 0 Å². The van der Waals surface area contributed by atoms with Crippen LogP contribution < -0.4 is 4.90 Å². The lowest BCUT2D eigenvalue weighted by atomic mass is 10.0. The lowest BCUT2D eigenvalue weighted by Gasteiger charge is -2.11. The molecular formula is C27H47N. The molecule has 160 valence electrons. The average molecular weight is 386 g/mol. The Morgan fingerprint density at radius 1 is 0.607 bits per heavy atom. The van der Waals surface area contributed by atoms with Gasteiger partial charge in [-0.15, -0.1) is 0 Å². The second-order valence-electron chi connectivity index (χ2n) is 8.63. The highest BCUT2D eigenvalue weighted by atomic mass is 15.1. The summed E-state index contributed by atoms with van der Waals surface area (Å²) in [4.78, 5) is 2.14. The van der Waals surface area contributed by atoms with Gasteiger partial charge in [-0.3, -0.25) is 0 Å². The normalized spacial score (nSPS) is 11.4. The van der Waals surface area contributed by atoms with E-state index in [0.29, 0.717) is 0 Å². The molecule has 1 aromatic rings. The first-order valence-corrected chi connectivity index (χ1v) is 12.2. The molecule has 0 N–H and O–H groups in total. The molecule has 0 radical (unpaired) electrons. The largest absolute Gasteiger partial charge is 0.378 e. The molecule has 1 heteroatoms. The summed E-state index contributed by atoms with van der Waals surface area (Å²) < 4.78 is 0. The zero-order valence-electron chi connectivity index (χ0n) is 19.2. The van der Waals surface area contributed by atoms with Gasteiger partial charge >= 0.3 is 0 Å². The highest BCUT2D eigenvalue weighted by Gasteiger charge is 1.95. The van der Waals surface area contributed by atoms with Crippen LogP contribution in [0.4, 0.5) is 5.69 Å². The summed E-state index contributed by atoms with van der Waals surface area (Å²) >= 11 is 0. The minimum atomic E-state index is 1.22. The van der Waals surface area contributed by atoms with Crippen LogP contribution in [-0.2, 0) is 0 Å². The van der Waals surface area contributed by atoms with Crippen LogP contribution in [0.3, 0.4) is 0 Å². The van der Waals surface area contributed by atoms with Gasteiger partial charge in [-0.1, -0.05) is 121 Å². The van der Waals surface area contributed by atoms with Gasteiger partial charge < -0.3 is 4.90 Å². The van der Waals surface area contributed by atoms with Gasteiger partial charge in [0.2, 0.25) is 0 Å². The molecule has 0 saturated carbocycles. The van der Waals surface area contributed by atoms with Crippen LogP contribution >= 0.6 is 0 Å². The van der Waals surface area contributed by atoms with Crippen molar-refractivity contribution in [2.45, 2.75) is 110 Å². The van der Waals surface area contributed by atoms with E-state index in [1.54, 1.807) is 0 Å². The molecule has 1 aromatic carbocycles. The molecule has 1 nitrogen and oxygen atoms in total. The third kappa shape index (κ3) is 13.9. The molecule has 0 heterocycles. The van der Waals surface area contributed by atoms with E-state index in [4.69, 9.17) is 0 Å². The SMILES string of the molecule is CCCCCCCCCCCCCCCCCC=Cc1ccc(N(C)C)cc1. The minimum Gasteiger partial charge on any atom is -0.378 e. The zero-order chi connectivity index (χ0) is 20.3. The molecule has 0 aliphatic heterocycles. The lowest BCUT2D eigenvalue weighted by molar-refractivity contribution is 0.533. The molecule has 0 fully saturated rings. The first-order valence-electron chi connectivity index (χ1n) is 12.2. The Morgan fingerprint density at radius 3 is 1.46 bits per heavy atom. The summed E-state index contributed by atoms with van der Waals surface area (Å²) in [5.74, 6) is 0. The molecule has 0 unspecified atom stereocenters. The number of hydrogen-bond donors (Lipinski definition) is 0. The van der Waals surface area contributed by atoms with Crippen LogP contribution in [0.2, 0.25) is 0 Å². The minimum absolute atomic E-state index is 1.22. The third-order valence-corrected chi connectivity index (χ3v) is 5.69. The highest BCUT2D eigenvalue weighted by molar-refractivity contribution is 5.55. The summed E-state index contributed by atoms with van der Waals surface area (Å²) in [5, 5.41) is 0. The van der Waals surface area contributed by atoms with E-state index in [0.717, 1.165) is 0 Å². The van der Waals surface area contributed by atoms with Crippen molar-refractivity contribution in [3.8, 4) is 0 Å². The van der Waals surface area contributed by atoms with Gasteiger partial charge in [0.05, 0.1) is 0 Å². The van der Waals surface area contributed by atoms with Crippen LogP contribution in [0.25, 0.3) is 6.08 Å². The van der Waals surface area contributed by atoms with Gasteiger partial charge in [-0.05, 0) is 30.5 Å². The standard InChI is InChI=1S/C27H47N/c1-4-5-6-7-8-9-10-11-12-13-14-15-16-17-18-19-20-21-26-22-24-27(25-23-26)28(2)3/h20-25H,4-19H2,1-3H3. The van der Waals surface area contributed by atoms with Crippen LogP contribution in [0, 0.1) is 0 Å². The fourth-order valence-electron chi connectivity index (χ4n) is 3.74. The van der Waals surface area contributed by atoms with Gasteiger partial charge in [0.1, 0.15) is 0 Å². The Morgan fingerprint density at radius 2 is 1.04 bits per heavy atom. The Balaban J connectivity index is 1.84. The predicted molar refractivity (Wildman–Crippen MR) is 129 cm³/mol. The van der Waals surface area contributed by atoms with Crippen LogP contribution in [0.1, 0.15) is 115 Å². The number of benzene rings is 1. The molecule has 0 bridgehead atoms. The molecule has 0 aliphatic rings. The van der Waals surface area contributed by atoms with Gasteiger partial charge in [-0.25, -0.2) is 0 Å². The number of unbranched alkanes of at least 4 members (excludes halogenated alkanes) is 15. The van der Waals surface area contributed by atoms with E-state index in [1.165, 1.54) is 114 Å². The van der Waals surface area contributed by atoms with Gasteiger partial charge in [-0.2, -0.15) is 0 Å². The number of anilines is 1. The van der Waals surface area contributed by atoms with Crippen molar-refractivity contribution in [3.63, 3.8) is 0 Å². The van der Waals surface area contributed by atoms with E-state index in [1.807, 2.05) is 0 Å². The summed E-state index contributed by atoms with van der Waals surface area (Å²) in [5.41, 5.74) is 2.58. The van der Waals surface area contributed by atoms with Crippen molar-refractivity contribution in [2.24, 2.45) is 0 Å². The Bertz CT molecular complexity index is 472. The molecule has 28 heavy (non-hydrogen) atoms. The van der Waals surface area contributed by atoms with E-state index in [-0.39, 0.29) is 0 Å².